The molecule has 5 unspecified atom stereocenters. The van der Waals surface area contributed by atoms with Crippen LogP contribution in [0.4, 0.5) is 0 Å². The number of allylic oxidation sites excluding steroid dienone is 26. The van der Waals surface area contributed by atoms with Crippen molar-refractivity contribution in [1.82, 2.24) is 0 Å². The van der Waals surface area contributed by atoms with Crippen LogP contribution in [0.1, 0.15) is 355 Å². The van der Waals surface area contributed by atoms with Crippen molar-refractivity contribution in [3.63, 3.8) is 0 Å². The molecular weight excluding hydrogens is 1430 g/mol. The Hall–Kier alpha value is -4.83. The number of aliphatic hydroxyl groups excluding tert-OH is 2. The molecule has 0 aliphatic heterocycles. The third-order valence-electron chi connectivity index (χ3n) is 18.2. The number of phosphoric acid groups is 2. The summed E-state index contributed by atoms with van der Waals surface area (Å²) < 4.78 is 61.3. The first-order chi connectivity index (χ1) is 54.2. The highest BCUT2D eigenvalue weighted by Gasteiger charge is 2.29. The number of hydrogen-bond acceptors (Lipinski definition) is 14. The zero-order chi connectivity index (χ0) is 80.8. The topological polar surface area (TPSA) is 231 Å². The number of carbonyl (C=O) groups excluding carboxylic acids is 3. The number of phosphoric ester groups is 2. The molecule has 4 N–H and O–H groups in total. The highest BCUT2D eigenvalue weighted by molar-refractivity contribution is 7.47. The molecule has 0 aromatic carbocycles. The Morgan fingerprint density at radius 1 is 0.261 bits per heavy atom. The maximum Gasteiger partial charge on any atom is 0.472 e. The first kappa shape index (κ1) is 106. The van der Waals surface area contributed by atoms with Gasteiger partial charge in [-0.3, -0.25) is 32.5 Å². The fourth-order valence-corrected chi connectivity index (χ4v) is 13.2. The van der Waals surface area contributed by atoms with Crippen molar-refractivity contribution in [2.45, 2.75) is 373 Å². The predicted octanol–water partition coefficient (Wildman–Crippen LogP) is 26.5. The smallest absolute Gasteiger partial charge is 0.463 e. The van der Waals surface area contributed by atoms with E-state index < -0.39 is 91.5 Å². The van der Waals surface area contributed by atoms with Crippen LogP contribution in [0.5, 0.6) is 0 Å². The van der Waals surface area contributed by atoms with E-state index in [4.69, 9.17) is 32.3 Å². The lowest BCUT2D eigenvalue weighted by Crippen LogP contribution is -2.30. The molecule has 0 spiro atoms. The SMILES string of the molecule is CC/C=C\C/C=C\C/C=C\C/C=C\C/C=C\CCCCCCCC(=O)OCC(COP(=O)(O)OCC(O)COP(=O)(O)OCC(O)COC(=O)CCCCCCCCCCCCCCCCCCCCC/C=C\C/C=C\C/C=C\C/C=C\CCCCC)OC(=O)CCCCCCCC/C=C\C/C=C\C/C=C\C/C=C\CC. The molecule has 0 rings (SSSR count). The molecule has 0 fully saturated rings. The summed E-state index contributed by atoms with van der Waals surface area (Å²) in [5.41, 5.74) is 0. The maximum absolute atomic E-state index is 13.0. The number of hydrogen-bond donors (Lipinski definition) is 4. The molecule has 0 bridgehead atoms. The van der Waals surface area contributed by atoms with Gasteiger partial charge >= 0.3 is 33.6 Å². The van der Waals surface area contributed by atoms with Crippen LogP contribution in [0, 0.1) is 0 Å². The van der Waals surface area contributed by atoms with E-state index in [1.807, 2.05) is 0 Å². The molecule has 0 aliphatic carbocycles. The number of esters is 3. The van der Waals surface area contributed by atoms with Crippen LogP contribution in [-0.2, 0) is 55.8 Å². The van der Waals surface area contributed by atoms with Crippen LogP contribution in [-0.4, -0.2) is 95.9 Å². The van der Waals surface area contributed by atoms with Crippen molar-refractivity contribution in [3.05, 3.63) is 158 Å². The molecular formula is C93H158O16P2. The van der Waals surface area contributed by atoms with Gasteiger partial charge in [0.05, 0.1) is 26.4 Å². The number of carbonyl (C=O) groups is 3. The number of unbranched alkanes of at least 4 members (excludes halogenated alkanes) is 33. The molecule has 0 aliphatic rings. The fraction of sp³-hybridized carbons (Fsp3) is 0.688. The van der Waals surface area contributed by atoms with Gasteiger partial charge in [0.15, 0.2) is 6.10 Å². The van der Waals surface area contributed by atoms with Crippen LogP contribution in [0.15, 0.2) is 158 Å². The molecule has 0 aromatic heterocycles. The van der Waals surface area contributed by atoms with Crippen LogP contribution >= 0.6 is 15.6 Å². The van der Waals surface area contributed by atoms with Crippen molar-refractivity contribution in [2.75, 3.05) is 39.6 Å². The first-order valence-electron chi connectivity index (χ1n) is 43.8. The highest BCUT2D eigenvalue weighted by Crippen LogP contribution is 2.45. The Bertz CT molecular complexity index is 2650. The van der Waals surface area contributed by atoms with E-state index in [-0.39, 0.29) is 19.3 Å². The Balaban J connectivity index is 4.50. The lowest BCUT2D eigenvalue weighted by Gasteiger charge is -2.21. The van der Waals surface area contributed by atoms with Gasteiger partial charge in [0, 0.05) is 19.3 Å². The second kappa shape index (κ2) is 84.6. The first-order valence-corrected chi connectivity index (χ1v) is 46.8. The summed E-state index contributed by atoms with van der Waals surface area (Å²) in [7, 11) is -9.81. The summed E-state index contributed by atoms with van der Waals surface area (Å²) in [6.45, 7) is 2.41. The minimum atomic E-state index is -4.95. The summed E-state index contributed by atoms with van der Waals surface area (Å²) >= 11 is 0. The lowest BCUT2D eigenvalue weighted by atomic mass is 10.0. The van der Waals surface area contributed by atoms with Crippen molar-refractivity contribution in [2.24, 2.45) is 0 Å². The van der Waals surface area contributed by atoms with E-state index in [2.05, 4.69) is 179 Å². The monoisotopic (exact) mass is 1590 g/mol. The van der Waals surface area contributed by atoms with E-state index in [1.165, 1.54) is 128 Å². The summed E-state index contributed by atoms with van der Waals surface area (Å²) in [6, 6.07) is 0. The highest BCUT2D eigenvalue weighted by atomic mass is 31.2. The third kappa shape index (κ3) is 85.9. The molecule has 636 valence electrons. The zero-order valence-electron chi connectivity index (χ0n) is 69.8. The number of rotatable bonds is 82. The fourth-order valence-electron chi connectivity index (χ4n) is 11.6. The van der Waals surface area contributed by atoms with Crippen LogP contribution in [0.2, 0.25) is 0 Å². The zero-order valence-corrected chi connectivity index (χ0v) is 71.6. The molecule has 0 saturated heterocycles. The quantitative estimate of drug-likeness (QED) is 0.0146. The van der Waals surface area contributed by atoms with Gasteiger partial charge in [0.1, 0.15) is 25.4 Å². The largest absolute Gasteiger partial charge is 0.472 e. The minimum Gasteiger partial charge on any atom is -0.463 e. The van der Waals surface area contributed by atoms with E-state index >= 15 is 0 Å². The van der Waals surface area contributed by atoms with Gasteiger partial charge < -0.3 is 34.2 Å². The Kier molecular flexibility index (Phi) is 80.9. The normalized spacial score (nSPS) is 14.6. The van der Waals surface area contributed by atoms with Crippen molar-refractivity contribution in [3.8, 4) is 0 Å². The summed E-state index contributed by atoms with van der Waals surface area (Å²) in [5, 5.41) is 20.7. The van der Waals surface area contributed by atoms with Crippen molar-refractivity contribution in [1.29, 1.82) is 0 Å². The standard InChI is InChI=1S/C93H158O16P2/c1-4-7-10-13-16-19-22-25-28-31-34-36-37-38-39-40-41-42-43-44-45-46-47-48-49-51-54-55-58-61-64-67-70-73-76-79-91(96)103-82-88(94)83-105-110(99,100)106-84-89(95)85-107-111(101,102)108-87-90(109-93(98)81-78-75-72-69-66-63-60-57-52-33-30-27-24-21-18-15-12-9-6-3)86-104-92(97)80-77-74-71-68-65-62-59-56-53-50-35-32-29-26-23-20-17-14-11-8-5-2/h8-9,11-12,16-21,25-30,34-36,38-39,50,52,56-57,59,88-90,94-95H,4-7,10,13-15,22-24,31-33,37,40-49,51,53-55,58,60-87H2,1-3H3,(H,99,100)(H,101,102)/b11-8-,12-9-,19-16-,20-17-,21-18-,28-25-,29-26-,30-27-,36-34-,39-38-,50-35-,57-52-,59-56-. The predicted molar refractivity (Wildman–Crippen MR) is 463 cm³/mol. The number of ether oxygens (including phenoxy) is 3. The molecule has 0 heterocycles. The second-order valence-electron chi connectivity index (χ2n) is 28.9. The Morgan fingerprint density at radius 2 is 0.477 bits per heavy atom. The maximum atomic E-state index is 13.0. The van der Waals surface area contributed by atoms with Crippen LogP contribution in [0.25, 0.3) is 0 Å². The number of aliphatic hydroxyl groups is 2. The van der Waals surface area contributed by atoms with Crippen LogP contribution in [0.3, 0.4) is 0 Å². The molecule has 5 atom stereocenters. The van der Waals surface area contributed by atoms with Crippen molar-refractivity contribution < 1.29 is 75.8 Å². The molecule has 0 amide bonds. The van der Waals surface area contributed by atoms with Gasteiger partial charge in [0.2, 0.25) is 0 Å². The summed E-state index contributed by atoms with van der Waals surface area (Å²) in [5.74, 6) is -1.61. The van der Waals surface area contributed by atoms with Gasteiger partial charge in [0.25, 0.3) is 0 Å². The van der Waals surface area contributed by atoms with Gasteiger partial charge in [-0.15, -0.1) is 0 Å². The molecule has 16 nitrogen and oxygen atoms in total. The van der Waals surface area contributed by atoms with Crippen LogP contribution < -0.4 is 0 Å². The van der Waals surface area contributed by atoms with Gasteiger partial charge in [-0.2, -0.15) is 0 Å². The lowest BCUT2D eigenvalue weighted by molar-refractivity contribution is -0.161. The van der Waals surface area contributed by atoms with E-state index in [0.29, 0.717) is 19.3 Å². The minimum absolute atomic E-state index is 0.0791. The Morgan fingerprint density at radius 3 is 0.757 bits per heavy atom. The molecule has 18 heteroatoms. The van der Waals surface area contributed by atoms with Gasteiger partial charge in [-0.25, -0.2) is 9.13 Å². The molecule has 0 aromatic rings. The summed E-state index contributed by atoms with van der Waals surface area (Å²) in [6.07, 6.45) is 107. The van der Waals surface area contributed by atoms with Gasteiger partial charge in [-0.05, 0) is 148 Å². The Labute approximate surface area is 676 Å². The molecule has 111 heavy (non-hydrogen) atoms. The van der Waals surface area contributed by atoms with Gasteiger partial charge in [-0.1, -0.05) is 346 Å². The molecule has 0 saturated carbocycles. The second-order valence-corrected chi connectivity index (χ2v) is 31.8. The van der Waals surface area contributed by atoms with Crippen molar-refractivity contribution >= 4 is 33.6 Å². The van der Waals surface area contributed by atoms with E-state index in [1.54, 1.807) is 0 Å². The average molecular weight is 1590 g/mol. The average Bonchev–Trinajstić information content (AvgIpc) is 0.902. The summed E-state index contributed by atoms with van der Waals surface area (Å²) in [4.78, 5) is 58.8. The molecule has 0 radical (unpaired) electrons. The van der Waals surface area contributed by atoms with E-state index in [0.717, 1.165) is 167 Å². The third-order valence-corrected chi connectivity index (χ3v) is 20.1. The van der Waals surface area contributed by atoms with E-state index in [9.17, 15) is 43.5 Å².